The minimum atomic E-state index is -3.06. The van der Waals surface area contributed by atoms with E-state index >= 15 is 0 Å². The monoisotopic (exact) mass is 391 g/mol. The summed E-state index contributed by atoms with van der Waals surface area (Å²) in [5, 5.41) is 3.50. The molecule has 7 nitrogen and oxygen atoms in total. The molecule has 27 heavy (non-hydrogen) atoms. The number of hydrogen-bond donors (Lipinski definition) is 1. The van der Waals surface area contributed by atoms with Crippen LogP contribution < -0.4 is 5.32 Å². The number of nitrogens with one attached hydrogen (secondary N) is 1. The van der Waals surface area contributed by atoms with Crippen molar-refractivity contribution in [2.24, 2.45) is 0 Å². The molecule has 1 aliphatic heterocycles. The molecule has 0 bridgehead atoms. The van der Waals surface area contributed by atoms with E-state index in [1.54, 1.807) is 6.26 Å². The average molecular weight is 391 g/mol. The number of aryl methyl sites for hydroxylation is 2. The lowest BCUT2D eigenvalue weighted by molar-refractivity contribution is -0.148. The fraction of sp³-hybridized carbons (Fsp3) is 0.474. The van der Waals surface area contributed by atoms with E-state index < -0.39 is 34.4 Å². The molecule has 144 valence electrons. The predicted octanol–water partition coefficient (Wildman–Crippen LogP) is 1.31. The topological polar surface area (TPSA) is 103 Å². The third-order valence-electron chi connectivity index (χ3n) is 5.16. The van der Waals surface area contributed by atoms with Crippen molar-refractivity contribution in [1.82, 2.24) is 5.32 Å². The molecule has 1 saturated heterocycles. The SMILES string of the molecule is O=C(COC(=O)Cc1coc2cc3c(cc12)CCC3)NC1CCS(=O)(=O)C1. The second-order valence-corrected chi connectivity index (χ2v) is 9.47. The lowest BCUT2D eigenvalue weighted by Gasteiger charge is -2.10. The van der Waals surface area contributed by atoms with Crippen molar-refractivity contribution < 1.29 is 27.2 Å². The van der Waals surface area contributed by atoms with E-state index in [1.807, 2.05) is 6.07 Å². The summed E-state index contributed by atoms with van der Waals surface area (Å²) in [5.41, 5.74) is 4.10. The first-order valence-electron chi connectivity index (χ1n) is 9.07. The first-order valence-corrected chi connectivity index (χ1v) is 10.9. The molecule has 4 rings (SSSR count). The number of sulfone groups is 1. The van der Waals surface area contributed by atoms with E-state index in [0.29, 0.717) is 6.42 Å². The lowest BCUT2D eigenvalue weighted by atomic mass is 10.0. The molecule has 2 aromatic rings. The molecule has 0 radical (unpaired) electrons. The van der Waals surface area contributed by atoms with Crippen molar-refractivity contribution in [3.63, 3.8) is 0 Å². The van der Waals surface area contributed by atoms with Crippen LogP contribution in [-0.2, 0) is 43.4 Å². The van der Waals surface area contributed by atoms with Crippen LogP contribution in [0.1, 0.15) is 29.5 Å². The molecule has 2 heterocycles. The number of carbonyl (C=O) groups is 2. The summed E-state index contributed by atoms with van der Waals surface area (Å²) in [4.78, 5) is 23.9. The fourth-order valence-electron chi connectivity index (χ4n) is 3.82. The van der Waals surface area contributed by atoms with E-state index in [1.165, 1.54) is 11.1 Å². The van der Waals surface area contributed by atoms with Crippen molar-refractivity contribution >= 4 is 32.7 Å². The Balaban J connectivity index is 1.32. The van der Waals surface area contributed by atoms with Crippen LogP contribution in [0.15, 0.2) is 22.8 Å². The lowest BCUT2D eigenvalue weighted by Crippen LogP contribution is -2.38. The van der Waals surface area contributed by atoms with Crippen LogP contribution in [0.2, 0.25) is 0 Å². The van der Waals surface area contributed by atoms with Crippen LogP contribution in [0.3, 0.4) is 0 Å². The number of esters is 1. The molecular weight excluding hydrogens is 370 g/mol. The van der Waals surface area contributed by atoms with Gasteiger partial charge in [-0.25, -0.2) is 8.42 Å². The van der Waals surface area contributed by atoms with Gasteiger partial charge in [-0.15, -0.1) is 0 Å². The van der Waals surface area contributed by atoms with Crippen LogP contribution in [0, 0.1) is 0 Å². The van der Waals surface area contributed by atoms with E-state index in [9.17, 15) is 18.0 Å². The quantitative estimate of drug-likeness (QED) is 0.771. The number of amides is 1. The van der Waals surface area contributed by atoms with Gasteiger partial charge in [-0.1, -0.05) is 0 Å². The first-order chi connectivity index (χ1) is 12.9. The standard InChI is InChI=1S/C19H21NO6S/c21-18(20-15-4-5-27(23,24)11-15)10-26-19(22)8-14-9-25-17-7-13-3-1-2-12(13)6-16(14)17/h6-7,9,15H,1-5,8,10-11H2,(H,20,21). The predicted molar refractivity (Wildman–Crippen MR) is 98.1 cm³/mol. The Hall–Kier alpha value is -2.35. The minimum absolute atomic E-state index is 0.0247. The molecule has 1 atom stereocenters. The van der Waals surface area contributed by atoms with Crippen LogP contribution in [0.25, 0.3) is 11.0 Å². The van der Waals surface area contributed by atoms with Crippen molar-refractivity contribution in [1.29, 1.82) is 0 Å². The number of furan rings is 1. The van der Waals surface area contributed by atoms with Gasteiger partial charge in [-0.05, 0) is 48.9 Å². The summed E-state index contributed by atoms with van der Waals surface area (Å²) in [6, 6.07) is 3.72. The van der Waals surface area contributed by atoms with Crippen LogP contribution in [0.5, 0.6) is 0 Å². The molecule has 1 fully saturated rings. The van der Waals surface area contributed by atoms with E-state index in [0.717, 1.165) is 35.8 Å². The molecule has 0 spiro atoms. The van der Waals surface area contributed by atoms with Gasteiger partial charge in [-0.3, -0.25) is 9.59 Å². The van der Waals surface area contributed by atoms with Gasteiger partial charge in [0, 0.05) is 17.0 Å². The molecule has 1 N–H and O–H groups in total. The molecule has 1 aliphatic carbocycles. The Morgan fingerprint density at radius 3 is 2.74 bits per heavy atom. The second kappa shape index (κ2) is 6.99. The van der Waals surface area contributed by atoms with E-state index in [2.05, 4.69) is 11.4 Å². The molecule has 1 unspecified atom stereocenters. The highest BCUT2D eigenvalue weighted by Crippen LogP contribution is 2.30. The van der Waals surface area contributed by atoms with Crippen LogP contribution in [-0.4, -0.2) is 44.4 Å². The number of benzene rings is 1. The summed E-state index contributed by atoms with van der Waals surface area (Å²) < 4.78 is 33.4. The highest BCUT2D eigenvalue weighted by molar-refractivity contribution is 7.91. The zero-order chi connectivity index (χ0) is 19.0. The molecule has 1 aromatic heterocycles. The van der Waals surface area contributed by atoms with Crippen molar-refractivity contribution in [3.8, 4) is 0 Å². The Bertz CT molecular complexity index is 1010. The number of carbonyl (C=O) groups excluding carboxylic acids is 2. The molecular formula is C19H21NO6S. The summed E-state index contributed by atoms with van der Waals surface area (Å²) >= 11 is 0. The Kier molecular flexibility index (Phi) is 4.67. The summed E-state index contributed by atoms with van der Waals surface area (Å²) in [6.45, 7) is -0.416. The molecule has 1 aromatic carbocycles. The Morgan fingerprint density at radius 2 is 2.00 bits per heavy atom. The van der Waals surface area contributed by atoms with Crippen molar-refractivity contribution in [3.05, 3.63) is 35.1 Å². The average Bonchev–Trinajstić information content (AvgIpc) is 3.30. The van der Waals surface area contributed by atoms with E-state index in [-0.39, 0.29) is 17.9 Å². The van der Waals surface area contributed by atoms with Gasteiger partial charge < -0.3 is 14.5 Å². The summed E-state index contributed by atoms with van der Waals surface area (Å²) in [5.74, 6) is -0.986. The van der Waals surface area contributed by atoms with Crippen molar-refractivity contribution in [2.75, 3.05) is 18.1 Å². The molecule has 0 saturated carbocycles. The number of hydrogen-bond acceptors (Lipinski definition) is 6. The number of fused-ring (bicyclic) bond motifs is 2. The third kappa shape index (κ3) is 4.00. The van der Waals surface area contributed by atoms with Gasteiger partial charge in [0.15, 0.2) is 16.4 Å². The zero-order valence-corrected chi connectivity index (χ0v) is 15.6. The maximum atomic E-state index is 12.1. The fourth-order valence-corrected chi connectivity index (χ4v) is 5.49. The van der Waals surface area contributed by atoms with Crippen LogP contribution >= 0.6 is 0 Å². The maximum Gasteiger partial charge on any atom is 0.310 e. The zero-order valence-electron chi connectivity index (χ0n) is 14.8. The largest absolute Gasteiger partial charge is 0.464 e. The van der Waals surface area contributed by atoms with Gasteiger partial charge in [0.1, 0.15) is 5.58 Å². The maximum absolute atomic E-state index is 12.1. The second-order valence-electron chi connectivity index (χ2n) is 7.24. The minimum Gasteiger partial charge on any atom is -0.464 e. The summed E-state index contributed by atoms with van der Waals surface area (Å²) in [6.07, 6.45) is 5.21. The third-order valence-corrected chi connectivity index (χ3v) is 6.93. The molecule has 8 heteroatoms. The van der Waals surface area contributed by atoms with E-state index in [4.69, 9.17) is 9.15 Å². The smallest absolute Gasteiger partial charge is 0.310 e. The first kappa shape index (κ1) is 18.0. The normalized spacial score (nSPS) is 20.5. The van der Waals surface area contributed by atoms with Gasteiger partial charge in [0.2, 0.25) is 0 Å². The highest BCUT2D eigenvalue weighted by atomic mass is 32.2. The van der Waals surface area contributed by atoms with Gasteiger partial charge in [-0.2, -0.15) is 0 Å². The van der Waals surface area contributed by atoms with Gasteiger partial charge in [0.25, 0.3) is 5.91 Å². The summed E-state index contributed by atoms with van der Waals surface area (Å²) in [7, 11) is -3.06. The molecule has 1 amide bonds. The van der Waals surface area contributed by atoms with Gasteiger partial charge >= 0.3 is 5.97 Å². The van der Waals surface area contributed by atoms with Crippen LogP contribution in [0.4, 0.5) is 0 Å². The molecule has 2 aliphatic rings. The number of ether oxygens (including phenoxy) is 1. The Labute approximate surface area is 157 Å². The Morgan fingerprint density at radius 1 is 1.22 bits per heavy atom. The highest BCUT2D eigenvalue weighted by Gasteiger charge is 2.29. The van der Waals surface area contributed by atoms with Crippen molar-refractivity contribution in [2.45, 2.75) is 38.1 Å². The number of rotatable bonds is 5. The van der Waals surface area contributed by atoms with Gasteiger partial charge in [0.05, 0.1) is 24.2 Å².